The molecule has 0 saturated carbocycles. The third-order valence-corrected chi connectivity index (χ3v) is 9.35. The van der Waals surface area contributed by atoms with Gasteiger partial charge < -0.3 is 23.2 Å². The molecule has 4 aromatic carbocycles. The Labute approximate surface area is 267 Å². The van der Waals surface area contributed by atoms with Crippen molar-refractivity contribution in [1.29, 1.82) is 0 Å². The third kappa shape index (κ3) is 7.00. The van der Waals surface area contributed by atoms with Crippen molar-refractivity contribution in [2.75, 3.05) is 23.0 Å². The van der Waals surface area contributed by atoms with Gasteiger partial charge in [-0.1, -0.05) is 66.2 Å². The molecule has 12 heteroatoms. The molecule has 0 saturated heterocycles. The van der Waals surface area contributed by atoms with Crippen molar-refractivity contribution in [2.45, 2.75) is 26.3 Å². The molecular formula is C34H31N2O8S2-. The van der Waals surface area contributed by atoms with Crippen LogP contribution in [0.15, 0.2) is 107 Å². The van der Waals surface area contributed by atoms with Crippen molar-refractivity contribution >= 4 is 64.6 Å². The van der Waals surface area contributed by atoms with Gasteiger partial charge >= 0.3 is 5.89 Å². The molecule has 0 bridgehead atoms. The lowest BCUT2D eigenvalue weighted by atomic mass is 10.1. The van der Waals surface area contributed by atoms with Crippen molar-refractivity contribution in [3.8, 4) is 5.75 Å². The van der Waals surface area contributed by atoms with Gasteiger partial charge in [0.25, 0.3) is 5.52 Å². The number of ether oxygens (including phenoxy) is 1. The molecule has 0 amide bonds. The van der Waals surface area contributed by atoms with E-state index in [1.165, 1.54) is 0 Å². The number of nitrogens with zero attached hydrogens (tertiary/aromatic N) is 2. The van der Waals surface area contributed by atoms with E-state index in [9.17, 15) is 25.9 Å². The van der Waals surface area contributed by atoms with E-state index in [2.05, 4.69) is 0 Å². The number of anilines is 1. The molecular weight excluding hydrogens is 629 g/mol. The molecule has 0 atom stereocenters. The normalized spacial score (nSPS) is 15.1. The Hall–Kier alpha value is -4.49. The van der Waals surface area contributed by atoms with E-state index >= 15 is 0 Å². The van der Waals surface area contributed by atoms with Gasteiger partial charge in [-0.05, 0) is 48.4 Å². The highest BCUT2D eigenvalue weighted by Crippen LogP contribution is 2.44. The Kier molecular flexibility index (Phi) is 8.71. The highest BCUT2D eigenvalue weighted by Gasteiger charge is 2.28. The fraction of sp³-hybridized carbons (Fsp3) is 0.206. The molecule has 1 aliphatic rings. The summed E-state index contributed by atoms with van der Waals surface area (Å²) in [5, 5.41) is 3.83. The monoisotopic (exact) mass is 659 g/mol. The summed E-state index contributed by atoms with van der Waals surface area (Å²) in [6.45, 7) is 2.44. The maximum Gasteiger partial charge on any atom is 0.374 e. The molecule has 0 N–H and O–H groups in total. The summed E-state index contributed by atoms with van der Waals surface area (Å²) < 4.78 is 82.1. The number of fused-ring (bicyclic) bond motifs is 6. The molecule has 238 valence electrons. The number of allylic oxidation sites excluding steroid dienone is 4. The van der Waals surface area contributed by atoms with E-state index < -0.39 is 31.7 Å². The van der Waals surface area contributed by atoms with E-state index in [-0.39, 0.29) is 25.9 Å². The summed E-state index contributed by atoms with van der Waals surface area (Å²) in [4.78, 5) is 1.86. The Balaban J connectivity index is 1.31. The maximum atomic E-state index is 11.3. The van der Waals surface area contributed by atoms with Gasteiger partial charge in [0.2, 0.25) is 11.5 Å². The SMILES string of the molecule is CC(C=Cc1oc2c3ccccc3ccc2[n+]1CCCS(=O)(=O)[O-])=CC=C1Oc2c(ccc3ccccc23)N1CCCS(=O)(=O)[O-]. The summed E-state index contributed by atoms with van der Waals surface area (Å²) >= 11 is 0. The zero-order chi connectivity index (χ0) is 32.5. The molecule has 1 aliphatic heterocycles. The first-order chi connectivity index (χ1) is 22.0. The second-order valence-corrected chi connectivity index (χ2v) is 14.1. The van der Waals surface area contributed by atoms with Gasteiger partial charge in [0.15, 0.2) is 12.3 Å². The summed E-state index contributed by atoms with van der Waals surface area (Å²) in [5.74, 6) is 0.680. The van der Waals surface area contributed by atoms with Crippen LogP contribution in [-0.4, -0.2) is 44.0 Å². The highest BCUT2D eigenvalue weighted by atomic mass is 32.2. The Morgan fingerprint density at radius 3 is 2.24 bits per heavy atom. The van der Waals surface area contributed by atoms with Gasteiger partial charge in [-0.25, -0.2) is 16.8 Å². The molecule has 0 aliphatic carbocycles. The number of aromatic nitrogens is 1. The Morgan fingerprint density at radius 1 is 0.848 bits per heavy atom. The second kappa shape index (κ2) is 12.7. The fourth-order valence-electron chi connectivity index (χ4n) is 5.63. The number of aryl methyl sites for hydroxylation is 1. The molecule has 2 heterocycles. The lowest BCUT2D eigenvalue weighted by Crippen LogP contribution is -2.36. The predicted octanol–water partition coefficient (Wildman–Crippen LogP) is 5.60. The molecule has 6 rings (SSSR count). The van der Waals surface area contributed by atoms with Crippen molar-refractivity contribution in [2.24, 2.45) is 0 Å². The van der Waals surface area contributed by atoms with E-state index in [0.717, 1.165) is 38.3 Å². The van der Waals surface area contributed by atoms with Crippen LogP contribution < -0.4 is 14.2 Å². The number of hydrogen-bond acceptors (Lipinski definition) is 9. The smallest absolute Gasteiger partial charge is 0.374 e. The van der Waals surface area contributed by atoms with Crippen LogP contribution in [-0.2, 0) is 26.8 Å². The zero-order valence-electron chi connectivity index (χ0n) is 25.0. The Bertz CT molecular complexity index is 2270. The number of benzene rings is 4. The van der Waals surface area contributed by atoms with Crippen LogP contribution in [0, 0.1) is 0 Å². The predicted molar refractivity (Wildman–Crippen MR) is 175 cm³/mol. The van der Waals surface area contributed by atoms with Gasteiger partial charge in [-0.2, -0.15) is 4.57 Å². The molecule has 0 unspecified atom stereocenters. The fourth-order valence-corrected chi connectivity index (χ4v) is 6.59. The second-order valence-electron chi connectivity index (χ2n) is 11.1. The number of oxazole rings is 1. The largest absolute Gasteiger partial charge is 0.748 e. The maximum absolute atomic E-state index is 11.3. The Morgan fingerprint density at radius 2 is 1.50 bits per heavy atom. The summed E-state index contributed by atoms with van der Waals surface area (Å²) in [6.07, 6.45) is 7.55. The van der Waals surface area contributed by atoms with Crippen LogP contribution in [0.4, 0.5) is 5.69 Å². The quantitative estimate of drug-likeness (QED) is 0.101. The van der Waals surface area contributed by atoms with Crippen molar-refractivity contribution in [1.82, 2.24) is 0 Å². The first-order valence-electron chi connectivity index (χ1n) is 14.7. The van der Waals surface area contributed by atoms with Gasteiger partial charge in [0, 0.05) is 41.3 Å². The molecule has 0 spiro atoms. The molecule has 46 heavy (non-hydrogen) atoms. The number of rotatable bonds is 11. The molecule has 0 fully saturated rings. The minimum absolute atomic E-state index is 0.135. The lowest BCUT2D eigenvalue weighted by Gasteiger charge is -2.18. The average Bonchev–Trinajstić information content (AvgIpc) is 3.56. The summed E-state index contributed by atoms with van der Waals surface area (Å²) in [5.41, 5.74) is 3.06. The van der Waals surface area contributed by atoms with E-state index in [0.29, 0.717) is 23.1 Å². The topological polar surface area (TPSA) is 144 Å². The first kappa shape index (κ1) is 31.5. The van der Waals surface area contributed by atoms with Gasteiger partial charge in [-0.3, -0.25) is 0 Å². The molecule has 1 aromatic heterocycles. The molecule has 10 nitrogen and oxygen atoms in total. The first-order valence-corrected chi connectivity index (χ1v) is 17.9. The van der Waals surface area contributed by atoms with Crippen molar-refractivity contribution in [3.63, 3.8) is 0 Å². The van der Waals surface area contributed by atoms with Crippen LogP contribution in [0.5, 0.6) is 5.75 Å². The van der Waals surface area contributed by atoms with E-state index in [1.54, 1.807) is 12.2 Å². The minimum atomic E-state index is -4.36. The lowest BCUT2D eigenvalue weighted by molar-refractivity contribution is -0.677. The van der Waals surface area contributed by atoms with Gasteiger partial charge in [0.1, 0.15) is 0 Å². The highest BCUT2D eigenvalue weighted by molar-refractivity contribution is 7.85. The molecule has 5 aromatic rings. The van der Waals surface area contributed by atoms with E-state index in [1.807, 2.05) is 101 Å². The zero-order valence-corrected chi connectivity index (χ0v) is 26.6. The van der Waals surface area contributed by atoms with Crippen LogP contribution in [0.3, 0.4) is 0 Å². The van der Waals surface area contributed by atoms with Crippen LogP contribution in [0.2, 0.25) is 0 Å². The summed E-state index contributed by atoms with van der Waals surface area (Å²) in [6, 6.07) is 23.4. The van der Waals surface area contributed by atoms with Crippen LogP contribution >= 0.6 is 0 Å². The van der Waals surface area contributed by atoms with Gasteiger partial charge in [0.05, 0.1) is 32.0 Å². The average molecular weight is 660 g/mol. The number of hydrogen-bond donors (Lipinski definition) is 0. The molecule has 0 radical (unpaired) electrons. The van der Waals surface area contributed by atoms with Crippen LogP contribution in [0.25, 0.3) is 38.7 Å². The van der Waals surface area contributed by atoms with E-state index in [4.69, 9.17) is 9.15 Å². The van der Waals surface area contributed by atoms with Crippen molar-refractivity contribution in [3.05, 3.63) is 108 Å². The van der Waals surface area contributed by atoms with Crippen LogP contribution in [0.1, 0.15) is 25.7 Å². The third-order valence-electron chi connectivity index (χ3n) is 7.77. The standard InChI is InChI=1S/C34H32N2O8S2/c1-24(12-18-31-35(20-6-22-45(37,38)39)29-16-14-25-8-2-4-10-27(25)33(29)43-31)13-19-32-36(21-7-23-46(40,41)42)30-17-15-26-9-3-5-11-28(26)34(30)44-32/h2-5,8-19H,6-7,20-23H2,1H3,(H-,37,38,39,40,41,42)/p-1. The summed E-state index contributed by atoms with van der Waals surface area (Å²) in [7, 11) is -8.72. The minimum Gasteiger partial charge on any atom is -0.748 e. The van der Waals surface area contributed by atoms with Crippen molar-refractivity contribution < 1.29 is 39.7 Å². The van der Waals surface area contributed by atoms with Gasteiger partial charge in [-0.15, -0.1) is 0 Å².